The fraction of sp³-hybridized carbons (Fsp3) is 0.370. The van der Waals surface area contributed by atoms with Crippen molar-refractivity contribution in [3.05, 3.63) is 76.3 Å². The van der Waals surface area contributed by atoms with Crippen molar-refractivity contribution >= 4 is 28.7 Å². The molecule has 0 atom stereocenters. The van der Waals surface area contributed by atoms with E-state index in [1.54, 1.807) is 23.0 Å². The van der Waals surface area contributed by atoms with Crippen LogP contribution in [-0.2, 0) is 0 Å². The van der Waals surface area contributed by atoms with E-state index in [-0.39, 0.29) is 5.56 Å². The number of imidazole rings is 1. The van der Waals surface area contributed by atoms with E-state index in [9.17, 15) is 4.79 Å². The number of benzene rings is 2. The molecule has 2 aromatic heterocycles. The highest BCUT2D eigenvalue weighted by molar-refractivity contribution is 6.30. The maximum atomic E-state index is 13.8. The fourth-order valence-electron chi connectivity index (χ4n) is 4.17. The van der Waals surface area contributed by atoms with Crippen LogP contribution in [0, 0.1) is 0 Å². The third kappa shape index (κ3) is 5.17. The molecule has 0 spiro atoms. The summed E-state index contributed by atoms with van der Waals surface area (Å²) in [6.07, 6.45) is 8.34. The zero-order valence-corrected chi connectivity index (χ0v) is 20.7. The van der Waals surface area contributed by atoms with Gasteiger partial charge in [0.05, 0.1) is 5.69 Å². The van der Waals surface area contributed by atoms with Crippen molar-refractivity contribution in [3.8, 4) is 11.4 Å². The SMILES string of the molecule is CCCCCN(CCCCC)c1nc2c(ncn2-c2ccccc2)c(=O)n1-c1ccc(Cl)cc1. The molecule has 0 fully saturated rings. The van der Waals surface area contributed by atoms with Crippen LogP contribution in [0.3, 0.4) is 0 Å². The molecule has 0 aliphatic carbocycles. The molecule has 0 saturated carbocycles. The van der Waals surface area contributed by atoms with Gasteiger partial charge in [0, 0.05) is 23.8 Å². The van der Waals surface area contributed by atoms with Gasteiger partial charge in [-0.05, 0) is 49.2 Å². The van der Waals surface area contributed by atoms with E-state index >= 15 is 0 Å². The fourth-order valence-corrected chi connectivity index (χ4v) is 4.30. The Labute approximate surface area is 205 Å². The summed E-state index contributed by atoms with van der Waals surface area (Å²) in [5.41, 5.74) is 2.42. The second-order valence-electron chi connectivity index (χ2n) is 8.55. The lowest BCUT2D eigenvalue weighted by atomic mass is 10.2. The van der Waals surface area contributed by atoms with Gasteiger partial charge in [0.15, 0.2) is 11.2 Å². The first kappa shape index (κ1) is 24.0. The molecule has 0 N–H and O–H groups in total. The highest BCUT2D eigenvalue weighted by Gasteiger charge is 2.21. The predicted octanol–water partition coefficient (Wildman–Crippen LogP) is 6.41. The van der Waals surface area contributed by atoms with E-state index in [4.69, 9.17) is 16.6 Å². The first-order valence-corrected chi connectivity index (χ1v) is 12.6. The number of nitrogens with zero attached hydrogens (tertiary/aromatic N) is 5. The van der Waals surface area contributed by atoms with Gasteiger partial charge in [0.2, 0.25) is 5.95 Å². The van der Waals surface area contributed by atoms with E-state index in [1.165, 1.54) is 0 Å². The summed E-state index contributed by atoms with van der Waals surface area (Å²) in [5.74, 6) is 0.657. The van der Waals surface area contributed by atoms with Crippen molar-refractivity contribution < 1.29 is 0 Å². The van der Waals surface area contributed by atoms with E-state index in [2.05, 4.69) is 23.7 Å². The van der Waals surface area contributed by atoms with Crippen LogP contribution < -0.4 is 10.5 Å². The van der Waals surface area contributed by atoms with Gasteiger partial charge in [-0.3, -0.25) is 9.36 Å². The second kappa shape index (κ2) is 11.3. The lowest BCUT2D eigenvalue weighted by Crippen LogP contribution is -2.34. The molecule has 0 aliphatic heterocycles. The Bertz CT molecular complexity index is 1250. The normalized spacial score (nSPS) is 11.3. The van der Waals surface area contributed by atoms with Crippen molar-refractivity contribution in [3.63, 3.8) is 0 Å². The van der Waals surface area contributed by atoms with Gasteiger partial charge in [-0.25, -0.2) is 9.55 Å². The molecule has 34 heavy (non-hydrogen) atoms. The lowest BCUT2D eigenvalue weighted by Gasteiger charge is -2.26. The average Bonchev–Trinajstić information content (AvgIpc) is 3.29. The number of hydrogen-bond donors (Lipinski definition) is 0. The Morgan fingerprint density at radius 1 is 0.853 bits per heavy atom. The van der Waals surface area contributed by atoms with Crippen LogP contribution in [0.5, 0.6) is 0 Å². The number of unbranched alkanes of at least 4 members (excludes halogenated alkanes) is 4. The van der Waals surface area contributed by atoms with Crippen LogP contribution in [-0.4, -0.2) is 32.2 Å². The van der Waals surface area contributed by atoms with Crippen molar-refractivity contribution in [2.24, 2.45) is 0 Å². The van der Waals surface area contributed by atoms with Crippen LogP contribution in [0.4, 0.5) is 5.95 Å². The van der Waals surface area contributed by atoms with Crippen molar-refractivity contribution in [1.82, 2.24) is 19.1 Å². The van der Waals surface area contributed by atoms with Gasteiger partial charge in [0.1, 0.15) is 6.33 Å². The molecule has 0 saturated heterocycles. The minimum absolute atomic E-state index is 0.173. The summed E-state index contributed by atoms with van der Waals surface area (Å²) < 4.78 is 3.58. The maximum absolute atomic E-state index is 13.8. The molecular formula is C27H32ClN5O. The van der Waals surface area contributed by atoms with Crippen LogP contribution in [0.2, 0.25) is 5.02 Å². The molecule has 7 heteroatoms. The third-order valence-corrected chi connectivity index (χ3v) is 6.27. The van der Waals surface area contributed by atoms with Crippen LogP contribution in [0.15, 0.2) is 65.7 Å². The number of hydrogen-bond acceptors (Lipinski definition) is 4. The molecule has 4 rings (SSSR count). The first-order valence-electron chi connectivity index (χ1n) is 12.2. The molecule has 0 amide bonds. The Balaban J connectivity index is 1.91. The summed E-state index contributed by atoms with van der Waals surface area (Å²) in [5, 5.41) is 0.628. The lowest BCUT2D eigenvalue weighted by molar-refractivity contribution is 0.619. The predicted molar refractivity (Wildman–Crippen MR) is 141 cm³/mol. The molecule has 0 radical (unpaired) electrons. The molecule has 0 bridgehead atoms. The van der Waals surface area contributed by atoms with Crippen molar-refractivity contribution in [2.45, 2.75) is 52.4 Å². The number of rotatable bonds is 11. The summed E-state index contributed by atoms with van der Waals surface area (Å²) in [4.78, 5) is 25.7. The minimum Gasteiger partial charge on any atom is -0.342 e. The zero-order valence-electron chi connectivity index (χ0n) is 20.0. The van der Waals surface area contributed by atoms with Gasteiger partial charge < -0.3 is 4.90 Å². The first-order chi connectivity index (χ1) is 16.6. The third-order valence-electron chi connectivity index (χ3n) is 6.02. The van der Waals surface area contributed by atoms with Gasteiger partial charge in [0.25, 0.3) is 5.56 Å². The summed E-state index contributed by atoms with van der Waals surface area (Å²) in [6, 6.07) is 17.2. The summed E-state index contributed by atoms with van der Waals surface area (Å²) in [6.45, 7) is 6.10. The number of fused-ring (bicyclic) bond motifs is 1. The molecule has 4 aromatic rings. The van der Waals surface area contributed by atoms with Gasteiger partial charge in [-0.1, -0.05) is 69.3 Å². The average molecular weight is 478 g/mol. The number of halogens is 1. The Kier molecular flexibility index (Phi) is 8.01. The Hall–Kier alpha value is -3.12. The van der Waals surface area contributed by atoms with E-state index in [0.717, 1.165) is 63.0 Å². The molecule has 178 valence electrons. The summed E-state index contributed by atoms with van der Waals surface area (Å²) >= 11 is 6.15. The number of para-hydroxylation sites is 1. The molecule has 6 nitrogen and oxygen atoms in total. The highest BCUT2D eigenvalue weighted by atomic mass is 35.5. The van der Waals surface area contributed by atoms with Crippen LogP contribution >= 0.6 is 11.6 Å². The second-order valence-corrected chi connectivity index (χ2v) is 8.99. The standard InChI is InChI=1S/C27H32ClN5O/c1-3-5-10-18-31(19-11-6-4-2)27-30-25-24(29-20-32(25)22-12-8-7-9-13-22)26(34)33(27)23-16-14-21(28)15-17-23/h7-9,12-17,20H,3-6,10-11,18-19H2,1-2H3. The van der Waals surface area contributed by atoms with E-state index < -0.39 is 0 Å². The Morgan fingerprint density at radius 2 is 1.50 bits per heavy atom. The molecule has 2 aromatic carbocycles. The topological polar surface area (TPSA) is 56.0 Å². The molecule has 0 aliphatic rings. The quantitative estimate of drug-likeness (QED) is 0.234. The van der Waals surface area contributed by atoms with Crippen molar-refractivity contribution in [2.75, 3.05) is 18.0 Å². The van der Waals surface area contributed by atoms with Crippen LogP contribution in [0.25, 0.3) is 22.5 Å². The zero-order chi connectivity index (χ0) is 23.9. The number of aromatic nitrogens is 4. The molecule has 2 heterocycles. The largest absolute Gasteiger partial charge is 0.342 e. The smallest absolute Gasteiger partial charge is 0.287 e. The van der Waals surface area contributed by atoms with E-state index in [0.29, 0.717) is 22.1 Å². The minimum atomic E-state index is -0.173. The maximum Gasteiger partial charge on any atom is 0.287 e. The van der Waals surface area contributed by atoms with Gasteiger partial charge >= 0.3 is 0 Å². The molecule has 0 unspecified atom stereocenters. The summed E-state index contributed by atoms with van der Waals surface area (Å²) in [7, 11) is 0. The van der Waals surface area contributed by atoms with Gasteiger partial charge in [-0.2, -0.15) is 4.98 Å². The number of anilines is 1. The Morgan fingerprint density at radius 3 is 2.12 bits per heavy atom. The van der Waals surface area contributed by atoms with Crippen LogP contribution in [0.1, 0.15) is 52.4 Å². The molecular weight excluding hydrogens is 446 g/mol. The van der Waals surface area contributed by atoms with Crippen molar-refractivity contribution in [1.29, 1.82) is 0 Å². The highest BCUT2D eigenvalue weighted by Crippen LogP contribution is 2.23. The van der Waals surface area contributed by atoms with Gasteiger partial charge in [-0.15, -0.1) is 0 Å². The monoisotopic (exact) mass is 477 g/mol. The van der Waals surface area contributed by atoms with E-state index in [1.807, 2.05) is 47.0 Å².